The Morgan fingerprint density at radius 3 is 2.94 bits per heavy atom. The van der Waals surface area contributed by atoms with Gasteiger partial charge >= 0.3 is 0 Å². The third-order valence-electron chi connectivity index (χ3n) is 3.36. The fraction of sp³-hybridized carbons (Fsp3) is 0.500. The van der Waals surface area contributed by atoms with Crippen molar-refractivity contribution < 1.29 is 9.53 Å². The van der Waals surface area contributed by atoms with Crippen molar-refractivity contribution in [3.8, 4) is 0 Å². The van der Waals surface area contributed by atoms with Crippen molar-refractivity contribution in [2.75, 3.05) is 25.9 Å². The van der Waals surface area contributed by atoms with E-state index in [2.05, 4.69) is 0 Å². The molecule has 1 saturated heterocycles. The number of rotatable bonds is 3. The van der Waals surface area contributed by atoms with Crippen LogP contribution in [0, 0.1) is 6.92 Å². The van der Waals surface area contributed by atoms with E-state index in [0.717, 1.165) is 25.0 Å². The van der Waals surface area contributed by atoms with Gasteiger partial charge in [-0.1, -0.05) is 0 Å². The molecule has 18 heavy (non-hydrogen) atoms. The van der Waals surface area contributed by atoms with E-state index in [-0.39, 0.29) is 12.0 Å². The SMILES string of the molecule is Cc1cc(C(=O)N(C)CC2CCCO2)ccc1N. The van der Waals surface area contributed by atoms with Gasteiger partial charge in [0, 0.05) is 31.5 Å². The van der Waals surface area contributed by atoms with Gasteiger partial charge in [0.15, 0.2) is 0 Å². The van der Waals surface area contributed by atoms with Crippen LogP contribution in [0.2, 0.25) is 0 Å². The molecule has 1 unspecified atom stereocenters. The normalized spacial score (nSPS) is 18.9. The first-order chi connectivity index (χ1) is 8.58. The fourth-order valence-corrected chi connectivity index (χ4v) is 2.21. The molecule has 0 aliphatic carbocycles. The van der Waals surface area contributed by atoms with Crippen LogP contribution >= 0.6 is 0 Å². The number of nitrogens with zero attached hydrogens (tertiary/aromatic N) is 1. The third kappa shape index (κ3) is 2.82. The lowest BCUT2D eigenvalue weighted by Crippen LogP contribution is -2.34. The standard InChI is InChI=1S/C14H20N2O2/c1-10-8-11(5-6-13(10)15)14(17)16(2)9-12-4-3-7-18-12/h5-6,8,12H,3-4,7,9,15H2,1-2H3. The van der Waals surface area contributed by atoms with Crippen LogP contribution in [-0.2, 0) is 4.74 Å². The van der Waals surface area contributed by atoms with Gasteiger partial charge in [-0.05, 0) is 43.5 Å². The number of anilines is 1. The second-order valence-corrected chi connectivity index (χ2v) is 4.89. The Morgan fingerprint density at radius 2 is 2.33 bits per heavy atom. The second-order valence-electron chi connectivity index (χ2n) is 4.89. The highest BCUT2D eigenvalue weighted by Gasteiger charge is 2.20. The van der Waals surface area contributed by atoms with Gasteiger partial charge in [0.05, 0.1) is 6.10 Å². The molecule has 0 radical (unpaired) electrons. The van der Waals surface area contributed by atoms with Crippen molar-refractivity contribution in [1.82, 2.24) is 4.90 Å². The van der Waals surface area contributed by atoms with Crippen molar-refractivity contribution in [3.63, 3.8) is 0 Å². The zero-order valence-electron chi connectivity index (χ0n) is 11.0. The molecule has 4 heteroatoms. The number of benzene rings is 1. The van der Waals surface area contributed by atoms with Gasteiger partial charge in [-0.3, -0.25) is 4.79 Å². The van der Waals surface area contributed by atoms with Gasteiger partial charge in [-0.15, -0.1) is 0 Å². The van der Waals surface area contributed by atoms with E-state index in [1.807, 2.05) is 20.0 Å². The summed E-state index contributed by atoms with van der Waals surface area (Å²) in [6, 6.07) is 5.39. The van der Waals surface area contributed by atoms with Crippen LogP contribution in [0.4, 0.5) is 5.69 Å². The summed E-state index contributed by atoms with van der Waals surface area (Å²) < 4.78 is 5.54. The number of ether oxygens (including phenoxy) is 1. The number of carbonyl (C=O) groups excluding carboxylic acids is 1. The molecule has 1 atom stereocenters. The van der Waals surface area contributed by atoms with E-state index in [0.29, 0.717) is 17.8 Å². The van der Waals surface area contributed by atoms with Crippen molar-refractivity contribution in [1.29, 1.82) is 0 Å². The molecule has 0 aromatic heterocycles. The lowest BCUT2D eigenvalue weighted by Gasteiger charge is -2.21. The first-order valence-electron chi connectivity index (χ1n) is 6.31. The highest BCUT2D eigenvalue weighted by atomic mass is 16.5. The van der Waals surface area contributed by atoms with Crippen molar-refractivity contribution in [2.45, 2.75) is 25.9 Å². The molecule has 4 nitrogen and oxygen atoms in total. The summed E-state index contributed by atoms with van der Waals surface area (Å²) in [6.45, 7) is 3.38. The van der Waals surface area contributed by atoms with E-state index in [9.17, 15) is 4.79 Å². The molecule has 1 aliphatic heterocycles. The van der Waals surface area contributed by atoms with Crippen molar-refractivity contribution in [2.24, 2.45) is 0 Å². The second kappa shape index (κ2) is 5.40. The Kier molecular flexibility index (Phi) is 3.87. The maximum atomic E-state index is 12.2. The third-order valence-corrected chi connectivity index (χ3v) is 3.36. The Bertz CT molecular complexity index is 439. The molecule has 1 aromatic carbocycles. The van der Waals surface area contributed by atoms with Crippen LogP contribution < -0.4 is 5.73 Å². The molecule has 0 spiro atoms. The quantitative estimate of drug-likeness (QED) is 0.830. The predicted molar refractivity (Wildman–Crippen MR) is 71.5 cm³/mol. The molecule has 1 fully saturated rings. The number of carbonyl (C=O) groups is 1. The molecule has 1 amide bonds. The van der Waals surface area contributed by atoms with Gasteiger partial charge < -0.3 is 15.4 Å². The Balaban J connectivity index is 2.02. The minimum absolute atomic E-state index is 0.0219. The predicted octanol–water partition coefficient (Wildman–Crippen LogP) is 1.83. The van der Waals surface area contributed by atoms with Gasteiger partial charge in [-0.25, -0.2) is 0 Å². The highest BCUT2D eigenvalue weighted by Crippen LogP contribution is 2.16. The number of aryl methyl sites for hydroxylation is 1. The average molecular weight is 248 g/mol. The largest absolute Gasteiger partial charge is 0.399 e. The summed E-state index contributed by atoms with van der Waals surface area (Å²) in [5.41, 5.74) is 8.09. The maximum Gasteiger partial charge on any atom is 0.253 e. The van der Waals surface area contributed by atoms with Gasteiger partial charge in [0.25, 0.3) is 5.91 Å². The number of nitrogens with two attached hydrogens (primary N) is 1. The number of hydrogen-bond acceptors (Lipinski definition) is 3. The maximum absolute atomic E-state index is 12.2. The van der Waals surface area contributed by atoms with E-state index >= 15 is 0 Å². The van der Waals surface area contributed by atoms with E-state index in [1.165, 1.54) is 0 Å². The first-order valence-corrected chi connectivity index (χ1v) is 6.31. The molecule has 1 heterocycles. The smallest absolute Gasteiger partial charge is 0.253 e. The molecule has 2 N–H and O–H groups in total. The topological polar surface area (TPSA) is 55.6 Å². The van der Waals surface area contributed by atoms with Crippen LogP contribution in [0.25, 0.3) is 0 Å². The molecule has 0 bridgehead atoms. The summed E-state index contributed by atoms with van der Waals surface area (Å²) in [7, 11) is 1.82. The van der Waals surface area contributed by atoms with Crippen LogP contribution in [0.1, 0.15) is 28.8 Å². The minimum Gasteiger partial charge on any atom is -0.399 e. The molecule has 2 rings (SSSR count). The number of amides is 1. The summed E-state index contributed by atoms with van der Waals surface area (Å²) in [5.74, 6) is 0.0219. The lowest BCUT2D eigenvalue weighted by atomic mass is 10.1. The van der Waals surface area contributed by atoms with Crippen LogP contribution in [0.5, 0.6) is 0 Å². The Morgan fingerprint density at radius 1 is 1.56 bits per heavy atom. The molecule has 0 saturated carbocycles. The first kappa shape index (κ1) is 12.9. The summed E-state index contributed by atoms with van der Waals surface area (Å²) in [4.78, 5) is 13.9. The van der Waals surface area contributed by atoms with Crippen LogP contribution in [-0.4, -0.2) is 37.1 Å². The zero-order chi connectivity index (χ0) is 13.1. The number of hydrogen-bond donors (Lipinski definition) is 1. The van der Waals surface area contributed by atoms with Gasteiger partial charge in [0.1, 0.15) is 0 Å². The monoisotopic (exact) mass is 248 g/mol. The van der Waals surface area contributed by atoms with Crippen LogP contribution in [0.15, 0.2) is 18.2 Å². The lowest BCUT2D eigenvalue weighted by molar-refractivity contribution is 0.0587. The van der Waals surface area contributed by atoms with Gasteiger partial charge in [-0.2, -0.15) is 0 Å². The average Bonchev–Trinajstić information content (AvgIpc) is 2.84. The molecule has 98 valence electrons. The molecule has 1 aromatic rings. The van der Waals surface area contributed by atoms with E-state index in [1.54, 1.807) is 17.0 Å². The van der Waals surface area contributed by atoms with Crippen molar-refractivity contribution >= 4 is 11.6 Å². The molecule has 1 aliphatic rings. The number of nitrogen functional groups attached to an aromatic ring is 1. The van der Waals surface area contributed by atoms with E-state index < -0.39 is 0 Å². The summed E-state index contributed by atoms with van der Waals surface area (Å²) >= 11 is 0. The summed E-state index contributed by atoms with van der Waals surface area (Å²) in [6.07, 6.45) is 2.32. The zero-order valence-corrected chi connectivity index (χ0v) is 11.0. The van der Waals surface area contributed by atoms with E-state index in [4.69, 9.17) is 10.5 Å². The molecular formula is C14H20N2O2. The van der Waals surface area contributed by atoms with Crippen LogP contribution in [0.3, 0.4) is 0 Å². The Labute approximate surface area is 108 Å². The summed E-state index contributed by atoms with van der Waals surface area (Å²) in [5, 5.41) is 0. The Hall–Kier alpha value is -1.55. The highest BCUT2D eigenvalue weighted by molar-refractivity contribution is 5.94. The van der Waals surface area contributed by atoms with Crippen molar-refractivity contribution in [3.05, 3.63) is 29.3 Å². The minimum atomic E-state index is 0.0219. The molecular weight excluding hydrogens is 228 g/mol. The van der Waals surface area contributed by atoms with Gasteiger partial charge in [0.2, 0.25) is 0 Å². The number of likely N-dealkylation sites (N-methyl/N-ethyl adjacent to an activating group) is 1. The fourth-order valence-electron chi connectivity index (χ4n) is 2.21.